The molecular weight excluding hydrogens is 448 g/mol. The molecule has 35 heavy (non-hydrogen) atoms. The number of aliphatic hydroxyl groups is 1. The molecule has 0 unspecified atom stereocenters. The van der Waals surface area contributed by atoms with Crippen molar-refractivity contribution in [1.29, 1.82) is 0 Å². The van der Waals surface area contributed by atoms with Gasteiger partial charge in [-0.3, -0.25) is 4.79 Å². The Labute approximate surface area is 209 Å². The van der Waals surface area contributed by atoms with Gasteiger partial charge in [0.05, 0.1) is 39.0 Å². The summed E-state index contributed by atoms with van der Waals surface area (Å²) in [6, 6.07) is 7.57. The van der Waals surface area contributed by atoms with Gasteiger partial charge in [0, 0.05) is 12.5 Å². The first-order chi connectivity index (χ1) is 16.4. The molecule has 1 N–H and O–H groups in total. The predicted molar refractivity (Wildman–Crippen MR) is 136 cm³/mol. The summed E-state index contributed by atoms with van der Waals surface area (Å²) in [6.45, 7) is 11.8. The second-order valence-corrected chi connectivity index (χ2v) is 9.51. The number of benzene rings is 1. The van der Waals surface area contributed by atoms with Crippen LogP contribution in [-0.2, 0) is 30.4 Å². The summed E-state index contributed by atoms with van der Waals surface area (Å²) in [5, 5.41) is 10.4. The molecule has 0 aliphatic carbocycles. The molecule has 0 saturated heterocycles. The molecule has 0 heterocycles. The maximum atomic E-state index is 12.5. The monoisotopic (exact) mass is 488 g/mol. The van der Waals surface area contributed by atoms with Crippen LogP contribution in [0.3, 0.4) is 0 Å². The van der Waals surface area contributed by atoms with Crippen LogP contribution in [0.5, 0.6) is 5.75 Å². The zero-order valence-corrected chi connectivity index (χ0v) is 21.8. The molecule has 0 amide bonds. The summed E-state index contributed by atoms with van der Waals surface area (Å²) in [6.07, 6.45) is 4.72. The van der Waals surface area contributed by atoms with Crippen LogP contribution < -0.4 is 4.74 Å². The van der Waals surface area contributed by atoms with Crippen LogP contribution in [0.1, 0.15) is 52.5 Å². The van der Waals surface area contributed by atoms with E-state index in [1.165, 1.54) is 13.2 Å². The predicted octanol–water partition coefficient (Wildman–Crippen LogP) is 4.93. The normalized spacial score (nSPS) is 13.9. The van der Waals surface area contributed by atoms with Crippen molar-refractivity contribution in [2.75, 3.05) is 20.8 Å². The van der Waals surface area contributed by atoms with Gasteiger partial charge in [0.1, 0.15) is 11.9 Å². The quantitative estimate of drug-likeness (QED) is 0.225. The van der Waals surface area contributed by atoms with Gasteiger partial charge in [0.25, 0.3) is 0 Å². The molecule has 0 bridgehead atoms. The number of methoxy groups -OCH3 is 2. The standard InChI is InChI=1S/C28H40O7/c1-20(9-8-10-26(30)33-7)15-23(29)16-21(2)17-25(35-27(31)28(3,4)5)19-34-18-22-11-13-24(32-6)14-12-22/h8,10-14,16,23,25,29H,1,9,15,17-19H2,2-7H3/b10-8+,21-16+/t23-,25-/m0/s1. The molecule has 194 valence electrons. The van der Waals surface area contributed by atoms with Gasteiger partial charge in [-0.25, -0.2) is 4.79 Å². The van der Waals surface area contributed by atoms with E-state index >= 15 is 0 Å². The molecule has 1 aromatic carbocycles. The molecular formula is C28H40O7. The van der Waals surface area contributed by atoms with E-state index < -0.39 is 23.6 Å². The second kappa shape index (κ2) is 15.2. The molecule has 0 aromatic heterocycles. The maximum Gasteiger partial charge on any atom is 0.330 e. The highest BCUT2D eigenvalue weighted by Gasteiger charge is 2.26. The average molecular weight is 489 g/mol. The molecule has 0 spiro atoms. The average Bonchev–Trinajstić information content (AvgIpc) is 2.78. The lowest BCUT2D eigenvalue weighted by Crippen LogP contribution is -2.31. The van der Waals surface area contributed by atoms with Gasteiger partial charge in [0.15, 0.2) is 0 Å². The summed E-state index contributed by atoms with van der Waals surface area (Å²) in [5.74, 6) is 0.0287. The number of rotatable bonds is 14. The lowest BCUT2D eigenvalue weighted by molar-refractivity contribution is -0.161. The fourth-order valence-corrected chi connectivity index (χ4v) is 3.08. The molecule has 7 heteroatoms. The topological polar surface area (TPSA) is 91.3 Å². The van der Waals surface area contributed by atoms with Crippen molar-refractivity contribution in [3.05, 3.63) is 65.8 Å². The fraction of sp³-hybridized carbons (Fsp3) is 0.500. The molecule has 2 atom stereocenters. The Bertz CT molecular complexity index is 876. The van der Waals surface area contributed by atoms with Crippen LogP contribution in [0.15, 0.2) is 60.2 Å². The van der Waals surface area contributed by atoms with E-state index in [9.17, 15) is 14.7 Å². The van der Waals surface area contributed by atoms with Crippen LogP contribution in [0.25, 0.3) is 0 Å². The van der Waals surface area contributed by atoms with E-state index in [1.807, 2.05) is 31.2 Å². The van der Waals surface area contributed by atoms with E-state index in [0.717, 1.165) is 22.5 Å². The highest BCUT2D eigenvalue weighted by Crippen LogP contribution is 2.21. The van der Waals surface area contributed by atoms with Gasteiger partial charge < -0.3 is 24.1 Å². The maximum absolute atomic E-state index is 12.5. The van der Waals surface area contributed by atoms with Crippen LogP contribution >= 0.6 is 0 Å². The summed E-state index contributed by atoms with van der Waals surface area (Å²) >= 11 is 0. The zero-order valence-electron chi connectivity index (χ0n) is 21.8. The summed E-state index contributed by atoms with van der Waals surface area (Å²) in [7, 11) is 2.93. The molecule has 7 nitrogen and oxygen atoms in total. The Morgan fingerprint density at radius 2 is 1.77 bits per heavy atom. The van der Waals surface area contributed by atoms with Crippen LogP contribution in [0, 0.1) is 5.41 Å². The number of esters is 2. The van der Waals surface area contributed by atoms with Crippen LogP contribution in [0.4, 0.5) is 0 Å². The Hall–Kier alpha value is -2.90. The lowest BCUT2D eigenvalue weighted by atomic mass is 9.97. The number of hydrogen-bond acceptors (Lipinski definition) is 7. The molecule has 0 radical (unpaired) electrons. The van der Waals surface area contributed by atoms with E-state index in [4.69, 9.17) is 14.2 Å². The smallest absolute Gasteiger partial charge is 0.330 e. The molecule has 1 aromatic rings. The molecule has 0 aliphatic rings. The molecule has 0 saturated carbocycles. The summed E-state index contributed by atoms with van der Waals surface area (Å²) in [5.41, 5.74) is 1.99. The minimum atomic E-state index is -0.742. The van der Waals surface area contributed by atoms with Crippen molar-refractivity contribution in [3.8, 4) is 5.75 Å². The third kappa shape index (κ3) is 12.9. The van der Waals surface area contributed by atoms with Crippen molar-refractivity contribution in [2.45, 2.75) is 65.8 Å². The van der Waals surface area contributed by atoms with E-state index in [2.05, 4.69) is 11.3 Å². The number of carbonyl (C=O) groups excluding carboxylic acids is 2. The van der Waals surface area contributed by atoms with Crippen molar-refractivity contribution < 1.29 is 33.6 Å². The third-order valence-electron chi connectivity index (χ3n) is 5.00. The lowest BCUT2D eigenvalue weighted by Gasteiger charge is -2.24. The minimum Gasteiger partial charge on any atom is -0.497 e. The van der Waals surface area contributed by atoms with Gasteiger partial charge in [-0.1, -0.05) is 42.0 Å². The van der Waals surface area contributed by atoms with Crippen LogP contribution in [0.2, 0.25) is 0 Å². The Morgan fingerprint density at radius 3 is 2.34 bits per heavy atom. The number of allylic oxidation sites excluding steroid dienone is 1. The first-order valence-electron chi connectivity index (χ1n) is 11.6. The van der Waals surface area contributed by atoms with Gasteiger partial charge in [-0.2, -0.15) is 0 Å². The molecule has 0 fully saturated rings. The highest BCUT2D eigenvalue weighted by atomic mass is 16.6. The number of aliphatic hydroxyl groups excluding tert-OH is 1. The van der Waals surface area contributed by atoms with Crippen molar-refractivity contribution in [2.24, 2.45) is 5.41 Å². The van der Waals surface area contributed by atoms with Crippen LogP contribution in [-0.4, -0.2) is 50.1 Å². The SMILES string of the molecule is C=C(C/C=C/C(=O)OC)C[C@H](O)/C=C(\C)C[C@@H](COCc1ccc(OC)cc1)OC(=O)C(C)(C)C. The number of carbonyl (C=O) groups is 2. The van der Waals surface area contributed by atoms with E-state index in [0.29, 0.717) is 25.9 Å². The van der Waals surface area contributed by atoms with E-state index in [-0.39, 0.29) is 12.6 Å². The minimum absolute atomic E-state index is 0.222. The summed E-state index contributed by atoms with van der Waals surface area (Å²) < 4.78 is 21.3. The Balaban J connectivity index is 2.70. The van der Waals surface area contributed by atoms with Crippen molar-refractivity contribution in [1.82, 2.24) is 0 Å². The Morgan fingerprint density at radius 1 is 1.11 bits per heavy atom. The van der Waals surface area contributed by atoms with Gasteiger partial charge in [-0.05, 0) is 58.2 Å². The third-order valence-corrected chi connectivity index (χ3v) is 5.00. The largest absolute Gasteiger partial charge is 0.497 e. The molecule has 0 aliphatic heterocycles. The first kappa shape index (κ1) is 30.1. The summed E-state index contributed by atoms with van der Waals surface area (Å²) in [4.78, 5) is 23.6. The van der Waals surface area contributed by atoms with Gasteiger partial charge >= 0.3 is 11.9 Å². The Kier molecular flexibility index (Phi) is 13.1. The van der Waals surface area contributed by atoms with Gasteiger partial charge in [-0.15, -0.1) is 0 Å². The molecule has 1 rings (SSSR count). The van der Waals surface area contributed by atoms with Crippen molar-refractivity contribution in [3.63, 3.8) is 0 Å². The first-order valence-corrected chi connectivity index (χ1v) is 11.6. The zero-order chi connectivity index (χ0) is 26.4. The second-order valence-electron chi connectivity index (χ2n) is 9.51. The van der Waals surface area contributed by atoms with Gasteiger partial charge in [0.2, 0.25) is 0 Å². The number of ether oxygens (including phenoxy) is 4. The highest BCUT2D eigenvalue weighted by molar-refractivity contribution is 5.81. The van der Waals surface area contributed by atoms with E-state index in [1.54, 1.807) is 40.0 Å². The number of hydrogen-bond donors (Lipinski definition) is 1. The fourth-order valence-electron chi connectivity index (χ4n) is 3.08. The van der Waals surface area contributed by atoms with Crippen molar-refractivity contribution >= 4 is 11.9 Å².